The highest BCUT2D eigenvalue weighted by Gasteiger charge is 2.24. The molecule has 1 aromatic heterocycles. The van der Waals surface area contributed by atoms with Crippen molar-refractivity contribution >= 4 is 15.9 Å². The van der Waals surface area contributed by atoms with E-state index in [2.05, 4.69) is 32.3 Å². The van der Waals surface area contributed by atoms with Gasteiger partial charge in [0.15, 0.2) is 0 Å². The summed E-state index contributed by atoms with van der Waals surface area (Å²) in [5.41, 5.74) is 3.23. The van der Waals surface area contributed by atoms with Gasteiger partial charge in [-0.2, -0.15) is 0 Å². The first-order chi connectivity index (χ1) is 10.2. The van der Waals surface area contributed by atoms with Crippen molar-refractivity contribution in [2.75, 3.05) is 7.11 Å². The van der Waals surface area contributed by atoms with E-state index in [0.29, 0.717) is 12.2 Å². The zero-order valence-corrected chi connectivity index (χ0v) is 13.4. The molecule has 1 aromatic carbocycles. The van der Waals surface area contributed by atoms with E-state index in [-0.39, 0.29) is 11.8 Å². The molecular weight excluding hydrogens is 332 g/mol. The lowest BCUT2D eigenvalue weighted by atomic mass is 10.1. The molecule has 1 aliphatic carbocycles. The Kier molecular flexibility index (Phi) is 4.12. The zero-order valence-electron chi connectivity index (χ0n) is 11.8. The molecule has 2 aromatic rings. The number of ether oxygens (including phenoxy) is 1. The van der Waals surface area contributed by atoms with Gasteiger partial charge in [0.05, 0.1) is 12.8 Å². The summed E-state index contributed by atoms with van der Waals surface area (Å²) in [4.78, 5) is 4.24. The van der Waals surface area contributed by atoms with Gasteiger partial charge in [0.1, 0.15) is 11.5 Å². The van der Waals surface area contributed by atoms with Crippen molar-refractivity contribution < 1.29 is 9.84 Å². The molecule has 0 amide bonds. The van der Waals surface area contributed by atoms with Crippen LogP contribution in [0.4, 0.5) is 0 Å². The standard InChI is InChI=1S/C16H17BrN2O2/c1-21-16-4-2-3-11-12(16)5-6-13(11)19-9-14-15(20)7-10(17)8-18-14/h2-4,7-8,13,19-20H,5-6,9H2,1H3. The quantitative estimate of drug-likeness (QED) is 0.889. The summed E-state index contributed by atoms with van der Waals surface area (Å²) < 4.78 is 6.19. The SMILES string of the molecule is COc1cccc2c1CCC2NCc1ncc(Br)cc1O. The summed E-state index contributed by atoms with van der Waals surface area (Å²) >= 11 is 3.29. The van der Waals surface area contributed by atoms with Gasteiger partial charge in [-0.1, -0.05) is 12.1 Å². The van der Waals surface area contributed by atoms with E-state index in [1.165, 1.54) is 11.1 Å². The number of methoxy groups -OCH3 is 1. The van der Waals surface area contributed by atoms with E-state index in [1.54, 1.807) is 19.4 Å². The number of rotatable bonds is 4. The number of nitrogens with zero attached hydrogens (tertiary/aromatic N) is 1. The van der Waals surface area contributed by atoms with Crippen LogP contribution in [-0.2, 0) is 13.0 Å². The summed E-state index contributed by atoms with van der Waals surface area (Å²) in [6, 6.07) is 8.10. The Balaban J connectivity index is 1.74. The van der Waals surface area contributed by atoms with Gasteiger partial charge in [0, 0.05) is 23.3 Å². The van der Waals surface area contributed by atoms with Crippen molar-refractivity contribution in [3.05, 3.63) is 51.8 Å². The van der Waals surface area contributed by atoms with Crippen LogP contribution in [0.2, 0.25) is 0 Å². The Hall–Kier alpha value is -1.59. The van der Waals surface area contributed by atoms with Crippen LogP contribution in [0.3, 0.4) is 0 Å². The van der Waals surface area contributed by atoms with Gasteiger partial charge in [-0.05, 0) is 52.0 Å². The second kappa shape index (κ2) is 6.03. The Morgan fingerprint density at radius 2 is 2.33 bits per heavy atom. The van der Waals surface area contributed by atoms with Crippen molar-refractivity contribution in [1.82, 2.24) is 10.3 Å². The highest BCUT2D eigenvalue weighted by atomic mass is 79.9. The van der Waals surface area contributed by atoms with Crippen molar-refractivity contribution in [2.45, 2.75) is 25.4 Å². The van der Waals surface area contributed by atoms with E-state index in [0.717, 1.165) is 23.1 Å². The predicted octanol–water partition coefficient (Wildman–Crippen LogP) is 3.34. The Bertz CT molecular complexity index is 661. The van der Waals surface area contributed by atoms with Gasteiger partial charge in [0.25, 0.3) is 0 Å². The molecule has 0 fully saturated rings. The topological polar surface area (TPSA) is 54.4 Å². The largest absolute Gasteiger partial charge is 0.506 e. The number of nitrogens with one attached hydrogen (secondary N) is 1. The van der Waals surface area contributed by atoms with E-state index >= 15 is 0 Å². The van der Waals surface area contributed by atoms with Crippen LogP contribution in [0, 0.1) is 0 Å². The van der Waals surface area contributed by atoms with Crippen molar-refractivity contribution in [3.63, 3.8) is 0 Å². The molecule has 1 atom stereocenters. The minimum Gasteiger partial charge on any atom is -0.506 e. The minimum atomic E-state index is 0.209. The summed E-state index contributed by atoms with van der Waals surface area (Å²) in [5.74, 6) is 1.17. The van der Waals surface area contributed by atoms with Gasteiger partial charge >= 0.3 is 0 Å². The first-order valence-corrected chi connectivity index (χ1v) is 7.71. The molecule has 1 unspecified atom stereocenters. The van der Waals surface area contributed by atoms with Gasteiger partial charge in [0.2, 0.25) is 0 Å². The van der Waals surface area contributed by atoms with Crippen LogP contribution in [0.15, 0.2) is 34.9 Å². The maximum atomic E-state index is 9.89. The molecule has 0 saturated heterocycles. The number of pyridine rings is 1. The lowest BCUT2D eigenvalue weighted by Crippen LogP contribution is -2.19. The second-order valence-electron chi connectivity index (χ2n) is 5.12. The molecule has 3 rings (SSSR count). The Labute approximate surface area is 132 Å². The van der Waals surface area contributed by atoms with E-state index in [9.17, 15) is 5.11 Å². The lowest BCUT2D eigenvalue weighted by molar-refractivity contribution is 0.410. The highest BCUT2D eigenvalue weighted by Crippen LogP contribution is 2.37. The predicted molar refractivity (Wildman–Crippen MR) is 84.5 cm³/mol. The summed E-state index contributed by atoms with van der Waals surface area (Å²) in [6.07, 6.45) is 3.74. The molecule has 0 aliphatic heterocycles. The molecule has 1 heterocycles. The number of aromatic nitrogens is 1. The fourth-order valence-corrected chi connectivity index (χ4v) is 3.16. The Morgan fingerprint density at radius 3 is 3.10 bits per heavy atom. The number of fused-ring (bicyclic) bond motifs is 1. The van der Waals surface area contributed by atoms with Crippen LogP contribution in [-0.4, -0.2) is 17.2 Å². The first kappa shape index (κ1) is 14.4. The van der Waals surface area contributed by atoms with Gasteiger partial charge in [-0.15, -0.1) is 0 Å². The molecular formula is C16H17BrN2O2. The van der Waals surface area contributed by atoms with E-state index in [1.807, 2.05) is 12.1 Å². The number of benzene rings is 1. The second-order valence-corrected chi connectivity index (χ2v) is 6.04. The van der Waals surface area contributed by atoms with Crippen molar-refractivity contribution in [1.29, 1.82) is 0 Å². The number of hydrogen-bond acceptors (Lipinski definition) is 4. The molecule has 0 bridgehead atoms. The highest BCUT2D eigenvalue weighted by molar-refractivity contribution is 9.10. The van der Waals surface area contributed by atoms with Crippen LogP contribution in [0.5, 0.6) is 11.5 Å². The molecule has 0 spiro atoms. The fourth-order valence-electron chi connectivity index (χ4n) is 2.84. The summed E-state index contributed by atoms with van der Waals surface area (Å²) in [6.45, 7) is 0.542. The van der Waals surface area contributed by atoms with Crippen LogP contribution in [0.1, 0.15) is 29.3 Å². The van der Waals surface area contributed by atoms with Crippen LogP contribution >= 0.6 is 15.9 Å². The first-order valence-electron chi connectivity index (χ1n) is 6.91. The van der Waals surface area contributed by atoms with Crippen molar-refractivity contribution in [3.8, 4) is 11.5 Å². The lowest BCUT2D eigenvalue weighted by Gasteiger charge is -2.15. The number of hydrogen-bond donors (Lipinski definition) is 2. The molecule has 4 nitrogen and oxygen atoms in total. The molecule has 21 heavy (non-hydrogen) atoms. The van der Waals surface area contributed by atoms with Gasteiger partial charge in [-0.3, -0.25) is 4.98 Å². The minimum absolute atomic E-state index is 0.209. The average molecular weight is 349 g/mol. The third-order valence-corrected chi connectivity index (χ3v) is 4.31. The summed E-state index contributed by atoms with van der Waals surface area (Å²) in [7, 11) is 1.71. The third kappa shape index (κ3) is 2.89. The van der Waals surface area contributed by atoms with Gasteiger partial charge < -0.3 is 15.2 Å². The van der Waals surface area contributed by atoms with Gasteiger partial charge in [-0.25, -0.2) is 0 Å². The average Bonchev–Trinajstić information content (AvgIpc) is 2.89. The molecule has 5 heteroatoms. The van der Waals surface area contributed by atoms with Crippen LogP contribution < -0.4 is 10.1 Å². The van der Waals surface area contributed by atoms with Crippen molar-refractivity contribution in [2.24, 2.45) is 0 Å². The number of aromatic hydroxyl groups is 1. The fraction of sp³-hybridized carbons (Fsp3) is 0.312. The van der Waals surface area contributed by atoms with Crippen LogP contribution in [0.25, 0.3) is 0 Å². The van der Waals surface area contributed by atoms with E-state index in [4.69, 9.17) is 4.74 Å². The normalized spacial score (nSPS) is 16.8. The molecule has 0 saturated carbocycles. The molecule has 0 radical (unpaired) electrons. The van der Waals surface area contributed by atoms with E-state index < -0.39 is 0 Å². The Morgan fingerprint density at radius 1 is 1.48 bits per heavy atom. The monoisotopic (exact) mass is 348 g/mol. The molecule has 1 aliphatic rings. The zero-order chi connectivity index (χ0) is 14.8. The molecule has 2 N–H and O–H groups in total. The smallest absolute Gasteiger partial charge is 0.139 e. The third-order valence-electron chi connectivity index (χ3n) is 3.88. The number of halogens is 1. The molecule has 110 valence electrons. The maximum absolute atomic E-state index is 9.89. The maximum Gasteiger partial charge on any atom is 0.139 e. The summed E-state index contributed by atoms with van der Waals surface area (Å²) in [5, 5.41) is 13.4.